The maximum atomic E-state index is 7.52. The second-order valence-corrected chi connectivity index (χ2v) is 3.99. The van der Waals surface area contributed by atoms with Crippen LogP contribution in [0.15, 0.2) is 18.3 Å². The largest absolute Gasteiger partial charge is 0.382 e. The van der Waals surface area contributed by atoms with Crippen molar-refractivity contribution in [2.75, 3.05) is 26.3 Å². The van der Waals surface area contributed by atoms with Crippen molar-refractivity contribution in [3.8, 4) is 0 Å². The summed E-state index contributed by atoms with van der Waals surface area (Å²) >= 11 is 0. The van der Waals surface area contributed by atoms with Crippen LogP contribution in [-0.2, 0) is 11.3 Å². The average molecular weight is 250 g/mol. The van der Waals surface area contributed by atoms with Crippen LogP contribution in [0.5, 0.6) is 0 Å². The Morgan fingerprint density at radius 1 is 1.50 bits per heavy atom. The van der Waals surface area contributed by atoms with Gasteiger partial charge in [-0.1, -0.05) is 13.0 Å². The number of nitrogens with two attached hydrogens (primary N) is 1. The molecule has 0 spiro atoms. The van der Waals surface area contributed by atoms with Gasteiger partial charge in [-0.15, -0.1) is 0 Å². The summed E-state index contributed by atoms with van der Waals surface area (Å²) in [5.74, 6) is 0.0199. The highest BCUT2D eigenvalue weighted by Crippen LogP contribution is 2.08. The van der Waals surface area contributed by atoms with Crippen molar-refractivity contribution < 1.29 is 4.74 Å². The van der Waals surface area contributed by atoms with Gasteiger partial charge in [0.15, 0.2) is 0 Å². The summed E-state index contributed by atoms with van der Waals surface area (Å²) in [6.07, 6.45) is 1.66. The number of amidine groups is 1. The van der Waals surface area contributed by atoms with Crippen molar-refractivity contribution in [3.05, 3.63) is 29.6 Å². The first-order chi connectivity index (χ1) is 8.69. The zero-order valence-electron chi connectivity index (χ0n) is 11.1. The molecule has 0 aromatic carbocycles. The molecule has 1 aromatic rings. The summed E-state index contributed by atoms with van der Waals surface area (Å²) in [5, 5.41) is 7.52. The lowest BCUT2D eigenvalue weighted by Crippen LogP contribution is -2.28. The fraction of sp³-hybridized carbons (Fsp3) is 0.538. The number of rotatable bonds is 8. The number of aromatic nitrogens is 1. The molecule has 0 atom stereocenters. The fourth-order valence-corrected chi connectivity index (χ4v) is 1.74. The van der Waals surface area contributed by atoms with Crippen LogP contribution in [-0.4, -0.2) is 42.0 Å². The second kappa shape index (κ2) is 7.79. The maximum Gasteiger partial charge on any atom is 0.142 e. The lowest BCUT2D eigenvalue weighted by Gasteiger charge is -2.21. The molecule has 3 N–H and O–H groups in total. The molecule has 1 heterocycles. The number of nitrogens with one attached hydrogen (secondary N) is 1. The van der Waals surface area contributed by atoms with E-state index in [-0.39, 0.29) is 5.84 Å². The molecule has 5 nitrogen and oxygen atoms in total. The van der Waals surface area contributed by atoms with Gasteiger partial charge in [0.05, 0.1) is 6.61 Å². The van der Waals surface area contributed by atoms with Crippen LogP contribution < -0.4 is 5.73 Å². The van der Waals surface area contributed by atoms with Crippen LogP contribution in [0, 0.1) is 5.41 Å². The number of pyridine rings is 1. The van der Waals surface area contributed by atoms with Crippen LogP contribution in [0.4, 0.5) is 0 Å². The Bertz CT molecular complexity index is 381. The number of nitrogens with zero attached hydrogens (tertiary/aromatic N) is 2. The van der Waals surface area contributed by atoms with E-state index in [1.807, 2.05) is 19.1 Å². The average Bonchev–Trinajstić information content (AvgIpc) is 2.38. The normalized spacial score (nSPS) is 10.8. The van der Waals surface area contributed by atoms with Gasteiger partial charge in [0, 0.05) is 25.9 Å². The van der Waals surface area contributed by atoms with Gasteiger partial charge < -0.3 is 10.5 Å². The summed E-state index contributed by atoms with van der Waals surface area (Å²) in [7, 11) is 0. The molecule has 0 saturated heterocycles. The van der Waals surface area contributed by atoms with E-state index in [0.29, 0.717) is 5.69 Å². The smallest absolute Gasteiger partial charge is 0.142 e. The van der Waals surface area contributed by atoms with Gasteiger partial charge >= 0.3 is 0 Å². The van der Waals surface area contributed by atoms with Crippen LogP contribution in [0.3, 0.4) is 0 Å². The number of nitrogen functional groups attached to an aromatic ring is 1. The summed E-state index contributed by atoms with van der Waals surface area (Å²) in [5.41, 5.74) is 7.10. The minimum Gasteiger partial charge on any atom is -0.382 e. The Morgan fingerprint density at radius 3 is 2.89 bits per heavy atom. The standard InChI is InChI=1S/C13H22N4O/c1-3-17(8-9-18-4-2)10-11-6-5-7-16-12(11)13(14)15/h5-7H,3-4,8-10H2,1-2H3,(H3,14,15). The first-order valence-electron chi connectivity index (χ1n) is 6.27. The quantitative estimate of drug-likeness (QED) is 0.413. The highest BCUT2D eigenvalue weighted by molar-refractivity contribution is 5.94. The van der Waals surface area contributed by atoms with Gasteiger partial charge in [-0.05, 0) is 25.1 Å². The van der Waals surface area contributed by atoms with Gasteiger partial charge in [0.1, 0.15) is 11.5 Å². The van der Waals surface area contributed by atoms with Crippen molar-refractivity contribution in [1.29, 1.82) is 5.41 Å². The number of hydrogen-bond acceptors (Lipinski definition) is 4. The van der Waals surface area contributed by atoms with Crippen molar-refractivity contribution in [1.82, 2.24) is 9.88 Å². The molecule has 0 amide bonds. The molecule has 0 aliphatic carbocycles. The van der Waals surface area contributed by atoms with Crippen molar-refractivity contribution in [2.45, 2.75) is 20.4 Å². The molecule has 0 unspecified atom stereocenters. The van der Waals surface area contributed by atoms with Gasteiger partial charge in [0.2, 0.25) is 0 Å². The van der Waals surface area contributed by atoms with Crippen LogP contribution in [0.2, 0.25) is 0 Å². The Labute approximate surface area is 108 Å². The van der Waals surface area contributed by atoms with Crippen molar-refractivity contribution in [2.24, 2.45) is 5.73 Å². The minimum absolute atomic E-state index is 0.0199. The van der Waals surface area contributed by atoms with Crippen LogP contribution in [0.1, 0.15) is 25.1 Å². The summed E-state index contributed by atoms with van der Waals surface area (Å²) in [4.78, 5) is 6.40. The first-order valence-corrected chi connectivity index (χ1v) is 6.27. The van der Waals surface area contributed by atoms with E-state index in [0.717, 1.165) is 38.4 Å². The highest BCUT2D eigenvalue weighted by atomic mass is 16.5. The maximum absolute atomic E-state index is 7.52. The molecule has 0 aliphatic rings. The molecular weight excluding hydrogens is 228 g/mol. The molecule has 100 valence electrons. The molecule has 1 rings (SSSR count). The molecule has 1 aromatic heterocycles. The zero-order valence-corrected chi connectivity index (χ0v) is 11.1. The first kappa shape index (κ1) is 14.6. The van der Waals surface area contributed by atoms with Crippen LogP contribution >= 0.6 is 0 Å². The molecule has 0 bridgehead atoms. The lowest BCUT2D eigenvalue weighted by atomic mass is 10.1. The monoisotopic (exact) mass is 250 g/mol. The van der Waals surface area contributed by atoms with Gasteiger partial charge in [-0.3, -0.25) is 15.3 Å². The molecule has 5 heteroatoms. The summed E-state index contributed by atoms with van der Waals surface area (Å²) in [6.45, 7) is 8.10. The SMILES string of the molecule is CCOCCN(CC)Cc1cccnc1C(=N)N. The van der Waals surface area contributed by atoms with E-state index in [9.17, 15) is 0 Å². The Hall–Kier alpha value is -1.46. The predicted molar refractivity (Wildman–Crippen MR) is 72.7 cm³/mol. The number of ether oxygens (including phenoxy) is 1. The third-order valence-electron chi connectivity index (χ3n) is 2.74. The van der Waals surface area contributed by atoms with E-state index < -0.39 is 0 Å². The minimum atomic E-state index is 0.0199. The van der Waals surface area contributed by atoms with Crippen molar-refractivity contribution in [3.63, 3.8) is 0 Å². The number of hydrogen-bond donors (Lipinski definition) is 2. The van der Waals surface area contributed by atoms with Gasteiger partial charge in [0.25, 0.3) is 0 Å². The van der Waals surface area contributed by atoms with E-state index in [4.69, 9.17) is 15.9 Å². The molecule has 18 heavy (non-hydrogen) atoms. The molecule has 0 fully saturated rings. The third kappa shape index (κ3) is 4.43. The lowest BCUT2D eigenvalue weighted by molar-refractivity contribution is 0.113. The zero-order chi connectivity index (χ0) is 13.4. The highest BCUT2D eigenvalue weighted by Gasteiger charge is 2.10. The van der Waals surface area contributed by atoms with Gasteiger partial charge in [-0.25, -0.2) is 0 Å². The Balaban J connectivity index is 2.66. The molecule has 0 radical (unpaired) electrons. The Morgan fingerprint density at radius 2 is 2.28 bits per heavy atom. The third-order valence-corrected chi connectivity index (χ3v) is 2.74. The van der Waals surface area contributed by atoms with E-state index in [2.05, 4.69) is 16.8 Å². The van der Waals surface area contributed by atoms with Gasteiger partial charge in [-0.2, -0.15) is 0 Å². The molecule has 0 aliphatic heterocycles. The summed E-state index contributed by atoms with van der Waals surface area (Å²) < 4.78 is 5.36. The fourth-order valence-electron chi connectivity index (χ4n) is 1.74. The summed E-state index contributed by atoms with van der Waals surface area (Å²) in [6, 6.07) is 3.84. The Kier molecular flexibility index (Phi) is 6.32. The molecular formula is C13H22N4O. The second-order valence-electron chi connectivity index (χ2n) is 3.99. The van der Waals surface area contributed by atoms with E-state index in [1.54, 1.807) is 6.20 Å². The van der Waals surface area contributed by atoms with Crippen LogP contribution in [0.25, 0.3) is 0 Å². The van der Waals surface area contributed by atoms with Crippen molar-refractivity contribution >= 4 is 5.84 Å². The van der Waals surface area contributed by atoms with E-state index in [1.165, 1.54) is 0 Å². The van der Waals surface area contributed by atoms with E-state index >= 15 is 0 Å². The predicted octanol–water partition coefficient (Wildman–Crippen LogP) is 1.22. The number of likely N-dealkylation sites (N-methyl/N-ethyl adjacent to an activating group) is 1. The topological polar surface area (TPSA) is 75.2 Å². The molecule has 0 saturated carbocycles.